The Bertz CT molecular complexity index is 209. The van der Waals surface area contributed by atoms with E-state index in [4.69, 9.17) is 10.5 Å². The first kappa shape index (κ1) is 12.5. The molecular formula is C11H22N2O2. The Balaban J connectivity index is 2.26. The molecule has 0 radical (unpaired) electrons. The predicted octanol–water partition coefficient (Wildman–Crippen LogP) is 0.609. The highest BCUT2D eigenvalue weighted by Crippen LogP contribution is 2.17. The van der Waals surface area contributed by atoms with E-state index in [9.17, 15) is 4.79 Å². The van der Waals surface area contributed by atoms with Crippen molar-refractivity contribution < 1.29 is 9.53 Å². The molecule has 0 bridgehead atoms. The SMILES string of the molecule is CCOC(CN)CCN1CC(C)CC1=O. The molecule has 1 fully saturated rings. The topological polar surface area (TPSA) is 55.6 Å². The molecule has 2 N–H and O–H groups in total. The van der Waals surface area contributed by atoms with Gasteiger partial charge in [0, 0.05) is 32.7 Å². The summed E-state index contributed by atoms with van der Waals surface area (Å²) in [6, 6.07) is 0. The zero-order valence-electron chi connectivity index (χ0n) is 9.74. The minimum atomic E-state index is 0.0960. The van der Waals surface area contributed by atoms with Gasteiger partial charge >= 0.3 is 0 Å². The Morgan fingerprint density at radius 3 is 2.87 bits per heavy atom. The number of hydrogen-bond acceptors (Lipinski definition) is 3. The summed E-state index contributed by atoms with van der Waals surface area (Å²) in [7, 11) is 0. The molecule has 15 heavy (non-hydrogen) atoms. The van der Waals surface area contributed by atoms with Gasteiger partial charge in [-0.1, -0.05) is 6.92 Å². The number of nitrogens with zero attached hydrogens (tertiary/aromatic N) is 1. The van der Waals surface area contributed by atoms with Gasteiger partial charge < -0.3 is 15.4 Å². The molecule has 0 saturated carbocycles. The number of ether oxygens (including phenoxy) is 1. The van der Waals surface area contributed by atoms with E-state index in [1.54, 1.807) is 0 Å². The molecule has 2 unspecified atom stereocenters. The fourth-order valence-electron chi connectivity index (χ4n) is 1.99. The zero-order chi connectivity index (χ0) is 11.3. The van der Waals surface area contributed by atoms with Crippen molar-refractivity contribution >= 4 is 5.91 Å². The van der Waals surface area contributed by atoms with Crippen LogP contribution in [0.5, 0.6) is 0 Å². The average molecular weight is 214 g/mol. The highest BCUT2D eigenvalue weighted by Gasteiger charge is 2.26. The third-order valence-electron chi connectivity index (χ3n) is 2.79. The van der Waals surface area contributed by atoms with Crippen molar-refractivity contribution in [3.63, 3.8) is 0 Å². The quantitative estimate of drug-likeness (QED) is 0.704. The first-order valence-electron chi connectivity index (χ1n) is 5.76. The van der Waals surface area contributed by atoms with Gasteiger partial charge in [-0.3, -0.25) is 4.79 Å². The summed E-state index contributed by atoms with van der Waals surface area (Å²) in [5.41, 5.74) is 5.58. The third-order valence-corrected chi connectivity index (χ3v) is 2.79. The lowest BCUT2D eigenvalue weighted by Gasteiger charge is -2.20. The number of amides is 1. The number of hydrogen-bond donors (Lipinski definition) is 1. The summed E-state index contributed by atoms with van der Waals surface area (Å²) in [6.45, 7) is 6.97. The van der Waals surface area contributed by atoms with Crippen LogP contribution < -0.4 is 5.73 Å². The van der Waals surface area contributed by atoms with Gasteiger partial charge in [0.25, 0.3) is 0 Å². The van der Waals surface area contributed by atoms with Crippen LogP contribution in [-0.2, 0) is 9.53 Å². The Morgan fingerprint density at radius 1 is 1.67 bits per heavy atom. The summed E-state index contributed by atoms with van der Waals surface area (Å²) >= 11 is 0. The molecule has 2 atom stereocenters. The van der Waals surface area contributed by atoms with Gasteiger partial charge in [-0.2, -0.15) is 0 Å². The van der Waals surface area contributed by atoms with Crippen LogP contribution in [0.3, 0.4) is 0 Å². The highest BCUT2D eigenvalue weighted by molar-refractivity contribution is 5.78. The van der Waals surface area contributed by atoms with E-state index in [2.05, 4.69) is 6.92 Å². The normalized spacial score (nSPS) is 23.5. The molecule has 0 aromatic rings. The number of nitrogens with two attached hydrogens (primary N) is 1. The predicted molar refractivity (Wildman–Crippen MR) is 59.4 cm³/mol. The second-order valence-corrected chi connectivity index (χ2v) is 4.25. The molecule has 1 aliphatic heterocycles. The standard InChI is InChI=1S/C11H22N2O2/c1-3-15-10(7-12)4-5-13-8-9(2)6-11(13)14/h9-10H,3-8,12H2,1-2H3. The second kappa shape index (κ2) is 6.08. The summed E-state index contributed by atoms with van der Waals surface area (Å²) in [6.07, 6.45) is 1.64. The fraction of sp³-hybridized carbons (Fsp3) is 0.909. The van der Waals surface area contributed by atoms with Crippen LogP contribution in [0.15, 0.2) is 0 Å². The van der Waals surface area contributed by atoms with Crippen molar-refractivity contribution in [2.75, 3.05) is 26.2 Å². The Kier molecular flexibility index (Phi) is 5.05. The zero-order valence-corrected chi connectivity index (χ0v) is 9.74. The summed E-state index contributed by atoms with van der Waals surface area (Å²) < 4.78 is 5.45. The third kappa shape index (κ3) is 3.80. The molecule has 1 saturated heterocycles. The van der Waals surface area contributed by atoms with Crippen molar-refractivity contribution in [1.29, 1.82) is 0 Å². The Labute approximate surface area is 91.8 Å². The summed E-state index contributed by atoms with van der Waals surface area (Å²) in [5.74, 6) is 0.774. The number of carbonyl (C=O) groups excluding carboxylic acids is 1. The molecule has 0 aromatic carbocycles. The maximum absolute atomic E-state index is 11.5. The van der Waals surface area contributed by atoms with Gasteiger partial charge in [-0.25, -0.2) is 0 Å². The van der Waals surface area contributed by atoms with Crippen molar-refractivity contribution in [2.45, 2.75) is 32.8 Å². The first-order valence-corrected chi connectivity index (χ1v) is 5.76. The molecule has 1 rings (SSSR count). The van der Waals surface area contributed by atoms with Crippen LogP contribution in [0.4, 0.5) is 0 Å². The molecule has 0 aliphatic carbocycles. The van der Waals surface area contributed by atoms with E-state index in [-0.39, 0.29) is 12.0 Å². The molecule has 1 amide bonds. The van der Waals surface area contributed by atoms with Crippen LogP contribution in [0.2, 0.25) is 0 Å². The van der Waals surface area contributed by atoms with E-state index >= 15 is 0 Å². The molecule has 4 heteroatoms. The number of carbonyl (C=O) groups is 1. The van der Waals surface area contributed by atoms with Crippen molar-refractivity contribution in [3.05, 3.63) is 0 Å². The molecule has 0 aromatic heterocycles. The largest absolute Gasteiger partial charge is 0.377 e. The van der Waals surface area contributed by atoms with Gasteiger partial charge in [0.2, 0.25) is 5.91 Å². The molecule has 1 aliphatic rings. The van der Waals surface area contributed by atoms with Crippen LogP contribution >= 0.6 is 0 Å². The van der Waals surface area contributed by atoms with Crippen molar-refractivity contribution in [2.24, 2.45) is 11.7 Å². The van der Waals surface area contributed by atoms with Gasteiger partial charge in [0.05, 0.1) is 6.10 Å². The fourth-order valence-corrected chi connectivity index (χ4v) is 1.99. The Hall–Kier alpha value is -0.610. The maximum Gasteiger partial charge on any atom is 0.222 e. The summed E-state index contributed by atoms with van der Waals surface area (Å²) in [5, 5.41) is 0. The van der Waals surface area contributed by atoms with Gasteiger partial charge in [-0.15, -0.1) is 0 Å². The van der Waals surface area contributed by atoms with E-state index in [0.717, 1.165) is 19.5 Å². The first-order chi connectivity index (χ1) is 7.17. The van der Waals surface area contributed by atoms with Crippen molar-refractivity contribution in [3.8, 4) is 0 Å². The Morgan fingerprint density at radius 2 is 2.40 bits per heavy atom. The molecule has 4 nitrogen and oxygen atoms in total. The minimum Gasteiger partial charge on any atom is -0.377 e. The maximum atomic E-state index is 11.5. The van der Waals surface area contributed by atoms with E-state index in [1.807, 2.05) is 11.8 Å². The number of likely N-dealkylation sites (tertiary alicyclic amines) is 1. The smallest absolute Gasteiger partial charge is 0.222 e. The summed E-state index contributed by atoms with van der Waals surface area (Å²) in [4.78, 5) is 13.4. The monoisotopic (exact) mass is 214 g/mol. The highest BCUT2D eigenvalue weighted by atomic mass is 16.5. The molecule has 0 spiro atoms. The van der Waals surface area contributed by atoms with Gasteiger partial charge in [0.15, 0.2) is 0 Å². The van der Waals surface area contributed by atoms with Crippen LogP contribution in [0.25, 0.3) is 0 Å². The molecule has 88 valence electrons. The van der Waals surface area contributed by atoms with Crippen LogP contribution in [0, 0.1) is 5.92 Å². The molecular weight excluding hydrogens is 192 g/mol. The van der Waals surface area contributed by atoms with Crippen LogP contribution in [0.1, 0.15) is 26.7 Å². The second-order valence-electron chi connectivity index (χ2n) is 4.25. The molecule has 1 heterocycles. The van der Waals surface area contributed by atoms with E-state index in [0.29, 0.717) is 25.5 Å². The lowest BCUT2D eigenvalue weighted by molar-refractivity contribution is -0.128. The van der Waals surface area contributed by atoms with Crippen LogP contribution in [-0.4, -0.2) is 43.2 Å². The van der Waals surface area contributed by atoms with Gasteiger partial charge in [0.1, 0.15) is 0 Å². The number of rotatable bonds is 6. The lowest BCUT2D eigenvalue weighted by Crippen LogP contribution is -2.32. The van der Waals surface area contributed by atoms with E-state index in [1.165, 1.54) is 0 Å². The average Bonchev–Trinajstić information content (AvgIpc) is 2.52. The minimum absolute atomic E-state index is 0.0960. The van der Waals surface area contributed by atoms with Crippen molar-refractivity contribution in [1.82, 2.24) is 4.90 Å². The lowest BCUT2D eigenvalue weighted by atomic mass is 10.2. The van der Waals surface area contributed by atoms with E-state index < -0.39 is 0 Å². The van der Waals surface area contributed by atoms with Gasteiger partial charge in [-0.05, 0) is 19.3 Å².